The number of rotatable bonds is 7. The second-order valence-electron chi connectivity index (χ2n) is 7.67. The lowest BCUT2D eigenvalue weighted by molar-refractivity contribution is 0.0360. The van der Waals surface area contributed by atoms with Crippen LogP contribution in [0.5, 0.6) is 0 Å². The monoisotopic (exact) mass is 444 g/mol. The number of aromatic amines is 1. The standard InChI is InChI=1S/C23H24N8O2/c32-23(20-6-3-5-18(27-20)17-14-25-26-15-17)28-21-16-31(9-8-30-10-12-33-13-11-30)29-22(21)19-4-1-2-7-24-19/h1-7,14-16H,8-13H2,(H,25,26)(H,28,32). The average molecular weight is 444 g/mol. The number of pyridine rings is 2. The van der Waals surface area contributed by atoms with E-state index in [2.05, 4.69) is 30.4 Å². The van der Waals surface area contributed by atoms with E-state index >= 15 is 0 Å². The number of hydrogen-bond donors (Lipinski definition) is 2. The third-order valence-corrected chi connectivity index (χ3v) is 5.44. The van der Waals surface area contributed by atoms with Gasteiger partial charge in [0.1, 0.15) is 11.4 Å². The van der Waals surface area contributed by atoms with Gasteiger partial charge in [0.2, 0.25) is 0 Å². The van der Waals surface area contributed by atoms with E-state index in [4.69, 9.17) is 9.84 Å². The molecule has 0 aliphatic carbocycles. The SMILES string of the molecule is O=C(Nc1cn(CCN2CCOCC2)nc1-c1ccccn1)c1cccc(-c2cn[nH]c2)n1. The van der Waals surface area contributed by atoms with Gasteiger partial charge in [-0.2, -0.15) is 10.2 Å². The van der Waals surface area contributed by atoms with E-state index in [1.54, 1.807) is 30.7 Å². The third-order valence-electron chi connectivity index (χ3n) is 5.44. The molecule has 4 aromatic rings. The predicted octanol–water partition coefficient (Wildman–Crippen LogP) is 2.31. The quantitative estimate of drug-likeness (QED) is 0.450. The van der Waals surface area contributed by atoms with E-state index in [1.165, 1.54) is 0 Å². The maximum atomic E-state index is 13.1. The number of carbonyl (C=O) groups is 1. The number of hydrogen-bond acceptors (Lipinski definition) is 7. The van der Waals surface area contributed by atoms with Gasteiger partial charge in [0, 0.05) is 43.8 Å². The van der Waals surface area contributed by atoms with Crippen molar-refractivity contribution >= 4 is 11.6 Å². The van der Waals surface area contributed by atoms with Crippen LogP contribution in [-0.4, -0.2) is 73.6 Å². The molecule has 0 bridgehead atoms. The Morgan fingerprint density at radius 1 is 1.09 bits per heavy atom. The van der Waals surface area contributed by atoms with Crippen LogP contribution in [-0.2, 0) is 11.3 Å². The summed E-state index contributed by atoms with van der Waals surface area (Å²) < 4.78 is 7.27. The summed E-state index contributed by atoms with van der Waals surface area (Å²) in [6.45, 7) is 4.89. The highest BCUT2D eigenvalue weighted by Crippen LogP contribution is 2.25. The third kappa shape index (κ3) is 4.97. The molecule has 1 aliphatic heterocycles. The lowest BCUT2D eigenvalue weighted by atomic mass is 10.2. The van der Waals surface area contributed by atoms with Crippen molar-refractivity contribution in [1.82, 2.24) is 34.8 Å². The molecular weight excluding hydrogens is 420 g/mol. The second kappa shape index (κ2) is 9.72. The molecule has 10 nitrogen and oxygen atoms in total. The highest BCUT2D eigenvalue weighted by atomic mass is 16.5. The Bertz CT molecular complexity index is 1200. The van der Waals surface area contributed by atoms with Gasteiger partial charge in [-0.1, -0.05) is 12.1 Å². The van der Waals surface area contributed by atoms with Gasteiger partial charge in [-0.25, -0.2) is 4.98 Å². The van der Waals surface area contributed by atoms with Crippen LogP contribution in [0.15, 0.2) is 61.2 Å². The highest BCUT2D eigenvalue weighted by Gasteiger charge is 2.18. The van der Waals surface area contributed by atoms with E-state index in [0.29, 0.717) is 35.0 Å². The van der Waals surface area contributed by atoms with Crippen LogP contribution >= 0.6 is 0 Å². The van der Waals surface area contributed by atoms with Gasteiger partial charge < -0.3 is 10.1 Å². The normalized spacial score (nSPS) is 14.3. The largest absolute Gasteiger partial charge is 0.379 e. The van der Waals surface area contributed by atoms with Gasteiger partial charge in [0.15, 0.2) is 0 Å². The summed E-state index contributed by atoms with van der Waals surface area (Å²) in [5, 5.41) is 14.4. The zero-order valence-corrected chi connectivity index (χ0v) is 18.0. The fourth-order valence-corrected chi connectivity index (χ4v) is 3.69. The first-order valence-corrected chi connectivity index (χ1v) is 10.8. The smallest absolute Gasteiger partial charge is 0.274 e. The fourth-order valence-electron chi connectivity index (χ4n) is 3.69. The first-order chi connectivity index (χ1) is 16.3. The zero-order valence-electron chi connectivity index (χ0n) is 18.0. The molecule has 1 aliphatic rings. The number of carbonyl (C=O) groups excluding carboxylic acids is 1. The van der Waals surface area contributed by atoms with Crippen LogP contribution in [0.3, 0.4) is 0 Å². The molecule has 0 saturated carbocycles. The van der Waals surface area contributed by atoms with Crippen LogP contribution in [0.1, 0.15) is 10.5 Å². The molecule has 0 unspecified atom stereocenters. The number of H-pyrrole nitrogens is 1. The molecule has 1 amide bonds. The van der Waals surface area contributed by atoms with Crippen LogP contribution in [0.4, 0.5) is 5.69 Å². The van der Waals surface area contributed by atoms with Gasteiger partial charge in [-0.3, -0.25) is 24.5 Å². The summed E-state index contributed by atoms with van der Waals surface area (Å²) in [4.78, 5) is 24.3. The van der Waals surface area contributed by atoms with Crippen molar-refractivity contribution in [2.45, 2.75) is 6.54 Å². The Kier molecular flexibility index (Phi) is 6.18. The Labute approximate surface area is 190 Å². The molecule has 1 fully saturated rings. The number of ether oxygens (including phenoxy) is 1. The summed E-state index contributed by atoms with van der Waals surface area (Å²) in [5.41, 5.74) is 3.70. The first-order valence-electron chi connectivity index (χ1n) is 10.8. The van der Waals surface area contributed by atoms with Gasteiger partial charge in [0.25, 0.3) is 5.91 Å². The van der Waals surface area contributed by atoms with Gasteiger partial charge in [0.05, 0.1) is 43.0 Å². The van der Waals surface area contributed by atoms with Crippen molar-refractivity contribution < 1.29 is 9.53 Å². The van der Waals surface area contributed by atoms with Crippen molar-refractivity contribution in [2.75, 3.05) is 38.2 Å². The average Bonchev–Trinajstić information content (AvgIpc) is 3.55. The lowest BCUT2D eigenvalue weighted by Crippen LogP contribution is -2.38. The number of nitrogens with one attached hydrogen (secondary N) is 2. The molecule has 10 heteroatoms. The number of aromatic nitrogens is 6. The van der Waals surface area contributed by atoms with Gasteiger partial charge in [-0.15, -0.1) is 0 Å². The molecule has 5 rings (SSSR count). The maximum Gasteiger partial charge on any atom is 0.274 e. The van der Waals surface area contributed by atoms with E-state index in [0.717, 1.165) is 38.4 Å². The minimum absolute atomic E-state index is 0.307. The molecule has 1 saturated heterocycles. The topological polar surface area (TPSA) is 114 Å². The van der Waals surface area contributed by atoms with Crippen molar-refractivity contribution in [3.05, 3.63) is 66.9 Å². The van der Waals surface area contributed by atoms with Crippen LogP contribution in [0.2, 0.25) is 0 Å². The molecule has 0 atom stereocenters. The van der Waals surface area contributed by atoms with Crippen LogP contribution in [0.25, 0.3) is 22.6 Å². The highest BCUT2D eigenvalue weighted by molar-refractivity contribution is 6.04. The summed E-state index contributed by atoms with van der Waals surface area (Å²) in [7, 11) is 0. The molecule has 33 heavy (non-hydrogen) atoms. The summed E-state index contributed by atoms with van der Waals surface area (Å²) in [6, 6.07) is 10.9. The minimum Gasteiger partial charge on any atom is -0.379 e. The molecule has 2 N–H and O–H groups in total. The Morgan fingerprint density at radius 3 is 2.76 bits per heavy atom. The Hall–Kier alpha value is -3.89. The molecule has 4 aromatic heterocycles. The van der Waals surface area contributed by atoms with E-state index in [-0.39, 0.29) is 5.91 Å². The lowest BCUT2D eigenvalue weighted by Gasteiger charge is -2.26. The van der Waals surface area contributed by atoms with Crippen molar-refractivity contribution in [2.24, 2.45) is 0 Å². The van der Waals surface area contributed by atoms with Crippen molar-refractivity contribution in [3.63, 3.8) is 0 Å². The number of anilines is 1. The van der Waals surface area contributed by atoms with Gasteiger partial charge in [-0.05, 0) is 24.3 Å². The zero-order chi connectivity index (χ0) is 22.5. The molecule has 0 spiro atoms. The van der Waals surface area contributed by atoms with E-state index < -0.39 is 0 Å². The summed E-state index contributed by atoms with van der Waals surface area (Å²) in [5.74, 6) is -0.315. The van der Waals surface area contributed by atoms with Crippen LogP contribution in [0, 0.1) is 0 Å². The molecular formula is C23H24N8O2. The molecule has 5 heterocycles. The van der Waals surface area contributed by atoms with Crippen molar-refractivity contribution in [3.8, 4) is 22.6 Å². The maximum absolute atomic E-state index is 13.1. The van der Waals surface area contributed by atoms with Gasteiger partial charge >= 0.3 is 0 Å². The molecule has 0 radical (unpaired) electrons. The number of nitrogens with zero attached hydrogens (tertiary/aromatic N) is 6. The van der Waals surface area contributed by atoms with E-state index in [9.17, 15) is 4.79 Å². The van der Waals surface area contributed by atoms with E-state index in [1.807, 2.05) is 35.1 Å². The second-order valence-corrected chi connectivity index (χ2v) is 7.67. The minimum atomic E-state index is -0.315. The molecule has 168 valence electrons. The fraction of sp³-hybridized carbons (Fsp3) is 0.261. The number of morpholine rings is 1. The first kappa shape index (κ1) is 21.0. The molecule has 0 aromatic carbocycles. The summed E-state index contributed by atoms with van der Waals surface area (Å²) in [6.07, 6.45) is 6.97. The summed E-state index contributed by atoms with van der Waals surface area (Å²) >= 11 is 0. The van der Waals surface area contributed by atoms with Crippen molar-refractivity contribution in [1.29, 1.82) is 0 Å². The number of amides is 1. The predicted molar refractivity (Wildman–Crippen MR) is 122 cm³/mol. The Morgan fingerprint density at radius 2 is 1.97 bits per heavy atom. The Balaban J connectivity index is 1.37. The van der Waals surface area contributed by atoms with Crippen LogP contribution < -0.4 is 5.32 Å².